The maximum Gasteiger partial charge on any atom is 0.306 e. The number of esters is 2. The number of Topliss-reactive ketones (excluding diaryl/α,β-unsaturated/α-hetero) is 1. The van der Waals surface area contributed by atoms with Crippen LogP contribution < -0.4 is 0 Å². The van der Waals surface area contributed by atoms with Crippen LogP contribution in [0.5, 0.6) is 0 Å². The second kappa shape index (κ2) is 15.1. The van der Waals surface area contributed by atoms with E-state index in [1.54, 1.807) is 0 Å². The summed E-state index contributed by atoms with van der Waals surface area (Å²) < 4.78 is 10.9. The van der Waals surface area contributed by atoms with Gasteiger partial charge >= 0.3 is 11.9 Å². The third kappa shape index (κ3) is 7.45. The molecule has 0 heterocycles. The van der Waals surface area contributed by atoms with E-state index in [-0.39, 0.29) is 34.8 Å². The van der Waals surface area contributed by atoms with Crippen LogP contribution in [0.2, 0.25) is 0 Å². The van der Waals surface area contributed by atoms with Crippen LogP contribution in [0.1, 0.15) is 156 Å². The Morgan fingerprint density at radius 3 is 2.17 bits per heavy atom. The number of rotatable bonds is 15. The SMILES string of the molecule is CCCCCCCCCCCC(=O)O[C@@H]1CC[C@@]2(C)[C@H](CC(=O)[C@@H]3[C@@H]2CC[C@]2(C)[C@@H]([C@H](C)CCC(=O)OC)CC[C@@H]32)C1. The summed E-state index contributed by atoms with van der Waals surface area (Å²) in [5.41, 5.74) is 0.367. The Morgan fingerprint density at radius 2 is 1.48 bits per heavy atom. The molecule has 4 rings (SSSR count). The third-order valence-electron chi connectivity index (χ3n) is 13.0. The van der Waals surface area contributed by atoms with Crippen LogP contribution in [0.15, 0.2) is 0 Å². The van der Waals surface area contributed by atoms with Gasteiger partial charge in [-0.3, -0.25) is 14.4 Å². The summed E-state index contributed by atoms with van der Waals surface area (Å²) in [6.07, 6.45) is 21.3. The number of fused-ring (bicyclic) bond motifs is 5. The Bertz CT molecular complexity index is 914. The van der Waals surface area contributed by atoms with Crippen molar-refractivity contribution < 1.29 is 23.9 Å². The second-order valence-corrected chi connectivity index (χ2v) is 15.4. The zero-order valence-electron chi connectivity index (χ0n) is 27.7. The zero-order chi connectivity index (χ0) is 30.3. The first-order valence-corrected chi connectivity index (χ1v) is 17.9. The molecule has 0 N–H and O–H groups in total. The Kier molecular flexibility index (Phi) is 12.0. The van der Waals surface area contributed by atoms with Crippen LogP contribution >= 0.6 is 0 Å². The molecule has 240 valence electrons. The number of hydrogen-bond donors (Lipinski definition) is 0. The Hall–Kier alpha value is -1.39. The molecule has 4 fully saturated rings. The smallest absolute Gasteiger partial charge is 0.306 e. The van der Waals surface area contributed by atoms with Crippen LogP contribution in [0, 0.1) is 46.3 Å². The van der Waals surface area contributed by atoms with Gasteiger partial charge in [0.25, 0.3) is 0 Å². The maximum absolute atomic E-state index is 13.9. The summed E-state index contributed by atoms with van der Waals surface area (Å²) in [6.45, 7) is 9.50. The van der Waals surface area contributed by atoms with Gasteiger partial charge in [-0.15, -0.1) is 0 Å². The Labute approximate surface area is 257 Å². The predicted octanol–water partition coefficient (Wildman–Crippen LogP) is 9.25. The van der Waals surface area contributed by atoms with E-state index in [9.17, 15) is 14.4 Å². The van der Waals surface area contributed by atoms with E-state index in [0.29, 0.717) is 54.6 Å². The predicted molar refractivity (Wildman–Crippen MR) is 168 cm³/mol. The topological polar surface area (TPSA) is 69.7 Å². The Morgan fingerprint density at radius 1 is 0.833 bits per heavy atom. The normalized spacial score (nSPS) is 36.5. The fraction of sp³-hybridized carbons (Fsp3) is 0.919. The highest BCUT2D eigenvalue weighted by Gasteiger charge is 2.63. The van der Waals surface area contributed by atoms with Gasteiger partial charge in [0.1, 0.15) is 11.9 Å². The molecular weight excluding hydrogens is 524 g/mol. The number of methoxy groups -OCH3 is 1. The van der Waals surface area contributed by atoms with Gasteiger partial charge in [-0.05, 0) is 98.2 Å². The molecule has 0 bridgehead atoms. The van der Waals surface area contributed by atoms with Gasteiger partial charge in [-0.2, -0.15) is 0 Å². The number of ketones is 1. The van der Waals surface area contributed by atoms with Gasteiger partial charge < -0.3 is 9.47 Å². The van der Waals surface area contributed by atoms with Gasteiger partial charge in [0.15, 0.2) is 0 Å². The van der Waals surface area contributed by atoms with Crippen molar-refractivity contribution in [3.8, 4) is 0 Å². The summed E-state index contributed by atoms with van der Waals surface area (Å²) in [6, 6.07) is 0. The monoisotopic (exact) mass is 586 g/mol. The lowest BCUT2D eigenvalue weighted by atomic mass is 9.44. The van der Waals surface area contributed by atoms with E-state index < -0.39 is 0 Å². The van der Waals surface area contributed by atoms with Crippen molar-refractivity contribution in [2.45, 2.75) is 162 Å². The second-order valence-electron chi connectivity index (χ2n) is 15.4. The van der Waals surface area contributed by atoms with Crippen molar-refractivity contribution in [1.82, 2.24) is 0 Å². The highest BCUT2D eigenvalue weighted by atomic mass is 16.5. The van der Waals surface area contributed by atoms with Crippen molar-refractivity contribution >= 4 is 17.7 Å². The van der Waals surface area contributed by atoms with Crippen LogP contribution in [-0.4, -0.2) is 30.9 Å². The van der Waals surface area contributed by atoms with Crippen molar-refractivity contribution in [3.63, 3.8) is 0 Å². The van der Waals surface area contributed by atoms with E-state index in [4.69, 9.17) is 9.47 Å². The number of ether oxygens (including phenoxy) is 2. The average molecular weight is 587 g/mol. The molecule has 0 spiro atoms. The summed E-state index contributed by atoms with van der Waals surface area (Å²) in [5.74, 6) is 2.85. The van der Waals surface area contributed by atoms with Gasteiger partial charge in [0.2, 0.25) is 0 Å². The van der Waals surface area contributed by atoms with Gasteiger partial charge in [-0.1, -0.05) is 79.1 Å². The Balaban J connectivity index is 1.26. The molecule has 4 aliphatic carbocycles. The molecule has 0 amide bonds. The number of carbonyl (C=O) groups excluding carboxylic acids is 3. The average Bonchev–Trinajstić information content (AvgIpc) is 3.32. The minimum atomic E-state index is -0.114. The molecule has 0 unspecified atom stereocenters. The van der Waals surface area contributed by atoms with Crippen molar-refractivity contribution in [2.24, 2.45) is 46.3 Å². The minimum absolute atomic E-state index is 0.0149. The van der Waals surface area contributed by atoms with Crippen molar-refractivity contribution in [3.05, 3.63) is 0 Å². The van der Waals surface area contributed by atoms with E-state index >= 15 is 0 Å². The molecule has 42 heavy (non-hydrogen) atoms. The quantitative estimate of drug-likeness (QED) is 0.141. The van der Waals surface area contributed by atoms with Crippen LogP contribution in [0.3, 0.4) is 0 Å². The standard InChI is InChI=1S/C37H62O5/c1-6-7-8-9-10-11-12-13-14-15-34(40)42-28-20-22-36(3)27(24-28)25-32(38)35-30-18-17-29(26(2)16-19-33(39)41-5)37(30,4)23-21-31(35)36/h26-31,35H,6-25H2,1-5H3/t26-,27+,28-,29-,30+,31+,35+,36+,37-/m1/s1. The van der Waals surface area contributed by atoms with E-state index in [1.165, 1.54) is 64.9 Å². The molecule has 9 atom stereocenters. The molecule has 5 heteroatoms. The van der Waals surface area contributed by atoms with Gasteiger partial charge in [-0.25, -0.2) is 0 Å². The minimum Gasteiger partial charge on any atom is -0.469 e. The lowest BCUT2D eigenvalue weighted by Crippen LogP contribution is -2.57. The van der Waals surface area contributed by atoms with Crippen LogP contribution in [0.4, 0.5) is 0 Å². The summed E-state index contributed by atoms with van der Waals surface area (Å²) in [5, 5.41) is 0. The number of unbranched alkanes of at least 4 members (excludes halogenated alkanes) is 8. The van der Waals surface area contributed by atoms with Crippen LogP contribution in [0.25, 0.3) is 0 Å². The molecule has 5 nitrogen and oxygen atoms in total. The molecule has 0 aliphatic heterocycles. The van der Waals surface area contributed by atoms with Gasteiger partial charge in [0, 0.05) is 25.2 Å². The molecule has 0 radical (unpaired) electrons. The molecule has 0 aromatic carbocycles. The van der Waals surface area contributed by atoms with Crippen molar-refractivity contribution in [2.75, 3.05) is 7.11 Å². The fourth-order valence-electron chi connectivity index (χ4n) is 10.4. The van der Waals surface area contributed by atoms with E-state index in [2.05, 4.69) is 27.7 Å². The maximum atomic E-state index is 13.9. The first-order chi connectivity index (χ1) is 20.1. The lowest BCUT2D eigenvalue weighted by molar-refractivity contribution is -0.169. The summed E-state index contributed by atoms with van der Waals surface area (Å²) in [7, 11) is 1.47. The molecule has 0 aromatic rings. The van der Waals surface area contributed by atoms with Gasteiger partial charge in [0.05, 0.1) is 7.11 Å². The first kappa shape index (κ1) is 33.5. The highest BCUT2D eigenvalue weighted by Crippen LogP contribution is 2.67. The highest BCUT2D eigenvalue weighted by molar-refractivity contribution is 5.83. The van der Waals surface area contributed by atoms with Crippen LogP contribution in [-0.2, 0) is 23.9 Å². The first-order valence-electron chi connectivity index (χ1n) is 17.9. The summed E-state index contributed by atoms with van der Waals surface area (Å²) >= 11 is 0. The molecule has 0 saturated heterocycles. The molecule has 0 aromatic heterocycles. The zero-order valence-corrected chi connectivity index (χ0v) is 27.7. The largest absolute Gasteiger partial charge is 0.469 e. The molecular formula is C37H62O5. The van der Waals surface area contributed by atoms with Crippen molar-refractivity contribution in [1.29, 1.82) is 0 Å². The van der Waals surface area contributed by atoms with E-state index in [1.807, 2.05) is 0 Å². The van der Waals surface area contributed by atoms with E-state index in [0.717, 1.165) is 51.4 Å². The molecule has 4 aliphatic rings. The number of carbonyl (C=O) groups is 3. The number of hydrogen-bond acceptors (Lipinski definition) is 5. The fourth-order valence-corrected chi connectivity index (χ4v) is 10.4. The third-order valence-corrected chi connectivity index (χ3v) is 13.0. The summed E-state index contributed by atoms with van der Waals surface area (Å²) in [4.78, 5) is 38.4. The lowest BCUT2D eigenvalue weighted by Gasteiger charge is -2.60. The molecule has 4 saturated carbocycles.